The highest BCUT2D eigenvalue weighted by Gasteiger charge is 2.28. The molecule has 6 heteroatoms. The molecule has 152 valence electrons. The van der Waals surface area contributed by atoms with Crippen LogP contribution in [0, 0.1) is 5.82 Å². The summed E-state index contributed by atoms with van der Waals surface area (Å²) < 4.78 is 13.6. The van der Waals surface area contributed by atoms with Gasteiger partial charge in [-0.3, -0.25) is 9.59 Å². The zero-order valence-electron chi connectivity index (χ0n) is 16.9. The molecule has 5 nitrogen and oxygen atoms in total. The lowest BCUT2D eigenvalue weighted by molar-refractivity contribution is -0.130. The Labute approximate surface area is 170 Å². The van der Waals surface area contributed by atoms with Gasteiger partial charge in [0.2, 0.25) is 11.8 Å². The molecule has 0 saturated heterocycles. The first-order chi connectivity index (χ1) is 13.9. The number of likely N-dealkylation sites (N-methyl/N-ethyl adjacent to an activating group) is 1. The summed E-state index contributed by atoms with van der Waals surface area (Å²) in [4.78, 5) is 28.4. The van der Waals surface area contributed by atoms with E-state index in [1.54, 1.807) is 17.2 Å². The van der Waals surface area contributed by atoms with Gasteiger partial charge in [-0.2, -0.15) is 0 Å². The summed E-state index contributed by atoms with van der Waals surface area (Å²) in [5.41, 5.74) is 2.76. The fourth-order valence-electron chi connectivity index (χ4n) is 3.68. The predicted octanol–water partition coefficient (Wildman–Crippen LogP) is 3.51. The van der Waals surface area contributed by atoms with E-state index in [1.807, 2.05) is 55.4 Å². The van der Waals surface area contributed by atoms with Gasteiger partial charge in [0.15, 0.2) is 0 Å². The quantitative estimate of drug-likeness (QED) is 0.814. The van der Waals surface area contributed by atoms with Gasteiger partial charge in [-0.15, -0.1) is 0 Å². The Morgan fingerprint density at radius 3 is 2.62 bits per heavy atom. The molecule has 0 saturated carbocycles. The molecular formula is C23H26FN3O2. The molecule has 0 aliphatic carbocycles. The van der Waals surface area contributed by atoms with Gasteiger partial charge in [-0.05, 0) is 49.0 Å². The van der Waals surface area contributed by atoms with Crippen LogP contribution in [-0.2, 0) is 9.59 Å². The maximum absolute atomic E-state index is 13.6. The van der Waals surface area contributed by atoms with Crippen molar-refractivity contribution in [2.45, 2.75) is 25.4 Å². The average molecular weight is 395 g/mol. The smallest absolute Gasteiger partial charge is 0.223 e. The minimum Gasteiger partial charge on any atom is -0.354 e. The van der Waals surface area contributed by atoms with Crippen LogP contribution in [0.1, 0.15) is 42.1 Å². The Morgan fingerprint density at radius 2 is 1.93 bits per heavy atom. The Hall–Kier alpha value is -2.99. The second kappa shape index (κ2) is 9.01. The molecule has 0 aromatic heterocycles. The summed E-state index contributed by atoms with van der Waals surface area (Å²) in [5, 5.41) is 2.95. The van der Waals surface area contributed by atoms with Crippen molar-refractivity contribution in [3.05, 3.63) is 77.2 Å². The molecule has 1 aliphatic heterocycles. The van der Waals surface area contributed by atoms with E-state index in [-0.39, 0.29) is 36.1 Å². The molecule has 3 rings (SSSR count). The molecular weight excluding hydrogens is 369 g/mol. The summed E-state index contributed by atoms with van der Waals surface area (Å²) in [7, 11) is 3.78. The van der Waals surface area contributed by atoms with Crippen LogP contribution in [0.25, 0.3) is 6.08 Å². The lowest BCUT2D eigenvalue weighted by atomic mass is 9.93. The first-order valence-corrected chi connectivity index (χ1v) is 9.61. The molecule has 0 unspecified atom stereocenters. The highest BCUT2D eigenvalue weighted by molar-refractivity contribution is 5.81. The normalized spacial score (nSPS) is 16.4. The molecule has 0 bridgehead atoms. The van der Waals surface area contributed by atoms with Crippen LogP contribution in [0.3, 0.4) is 0 Å². The second-order valence-electron chi connectivity index (χ2n) is 7.43. The molecule has 29 heavy (non-hydrogen) atoms. The van der Waals surface area contributed by atoms with Crippen LogP contribution < -0.4 is 5.32 Å². The van der Waals surface area contributed by atoms with E-state index in [9.17, 15) is 14.0 Å². The fourth-order valence-corrected chi connectivity index (χ4v) is 3.68. The number of hydrogen-bond acceptors (Lipinski definition) is 3. The largest absolute Gasteiger partial charge is 0.354 e. The van der Waals surface area contributed by atoms with Crippen molar-refractivity contribution >= 4 is 17.9 Å². The van der Waals surface area contributed by atoms with Crippen molar-refractivity contribution in [2.75, 3.05) is 20.6 Å². The van der Waals surface area contributed by atoms with Crippen LogP contribution in [0.2, 0.25) is 0 Å². The molecule has 2 amide bonds. The fraction of sp³-hybridized carbons (Fsp3) is 0.304. The standard InChI is InChI=1S/C23H26FN3O2/c1-16(28)27-12-11-17-7-4-5-10-20(17)21(27)14-23(29)25-15-22(26(2)3)18-8-6-9-19(24)13-18/h4-13,21-22H,14-15H2,1-3H3,(H,25,29)/t21-,22-/m1/s1. The van der Waals surface area contributed by atoms with Crippen LogP contribution in [0.4, 0.5) is 4.39 Å². The van der Waals surface area contributed by atoms with Crippen LogP contribution >= 0.6 is 0 Å². The molecule has 1 N–H and O–H groups in total. The summed E-state index contributed by atoms with van der Waals surface area (Å²) in [6.45, 7) is 1.84. The predicted molar refractivity (Wildman–Crippen MR) is 111 cm³/mol. The monoisotopic (exact) mass is 395 g/mol. The molecule has 1 aliphatic rings. The van der Waals surface area contributed by atoms with Crippen LogP contribution in [0.5, 0.6) is 0 Å². The Kier molecular flexibility index (Phi) is 6.44. The number of hydrogen-bond donors (Lipinski definition) is 1. The van der Waals surface area contributed by atoms with Gasteiger partial charge < -0.3 is 15.1 Å². The summed E-state index contributed by atoms with van der Waals surface area (Å²) >= 11 is 0. The highest BCUT2D eigenvalue weighted by atomic mass is 19.1. The van der Waals surface area contributed by atoms with Crippen LogP contribution in [-0.4, -0.2) is 42.3 Å². The summed E-state index contributed by atoms with van der Waals surface area (Å²) in [6, 6.07) is 13.7. The zero-order chi connectivity index (χ0) is 21.0. The van der Waals surface area contributed by atoms with E-state index in [4.69, 9.17) is 0 Å². The third-order valence-electron chi connectivity index (χ3n) is 5.20. The van der Waals surface area contributed by atoms with Gasteiger partial charge in [0.05, 0.1) is 18.5 Å². The molecule has 0 spiro atoms. The van der Waals surface area contributed by atoms with Gasteiger partial charge in [-0.1, -0.05) is 36.4 Å². The van der Waals surface area contributed by atoms with E-state index in [0.29, 0.717) is 6.54 Å². The van der Waals surface area contributed by atoms with Crippen molar-refractivity contribution < 1.29 is 14.0 Å². The summed E-state index contributed by atoms with van der Waals surface area (Å²) in [5.74, 6) is -0.572. The van der Waals surface area contributed by atoms with E-state index in [1.165, 1.54) is 19.1 Å². The SMILES string of the molecule is CC(=O)N1C=Cc2ccccc2[C@H]1CC(=O)NC[C@H](c1cccc(F)c1)N(C)C. The Bertz CT molecular complexity index is 926. The number of rotatable bonds is 6. The van der Waals surface area contributed by atoms with Gasteiger partial charge in [-0.25, -0.2) is 4.39 Å². The first kappa shape index (κ1) is 20.7. The minimum atomic E-state index is -0.347. The molecule has 2 atom stereocenters. The molecule has 0 radical (unpaired) electrons. The molecule has 1 heterocycles. The number of benzene rings is 2. The van der Waals surface area contributed by atoms with E-state index in [2.05, 4.69) is 5.32 Å². The maximum Gasteiger partial charge on any atom is 0.223 e. The number of halogens is 1. The van der Waals surface area contributed by atoms with Gasteiger partial charge >= 0.3 is 0 Å². The molecule has 0 fully saturated rings. The lowest BCUT2D eigenvalue weighted by Crippen LogP contribution is -2.38. The van der Waals surface area contributed by atoms with E-state index >= 15 is 0 Å². The third kappa shape index (κ3) is 4.90. The van der Waals surface area contributed by atoms with Gasteiger partial charge in [0, 0.05) is 19.7 Å². The lowest BCUT2D eigenvalue weighted by Gasteiger charge is -2.32. The van der Waals surface area contributed by atoms with Crippen molar-refractivity contribution in [2.24, 2.45) is 0 Å². The number of nitrogens with zero attached hydrogens (tertiary/aromatic N) is 2. The topological polar surface area (TPSA) is 52.7 Å². The first-order valence-electron chi connectivity index (χ1n) is 9.61. The van der Waals surface area contributed by atoms with Crippen molar-refractivity contribution in [1.82, 2.24) is 15.1 Å². The number of carbonyl (C=O) groups excluding carboxylic acids is 2. The maximum atomic E-state index is 13.6. The Balaban J connectivity index is 1.71. The number of nitrogens with one attached hydrogen (secondary N) is 1. The summed E-state index contributed by atoms with van der Waals surface area (Å²) in [6.07, 6.45) is 3.78. The van der Waals surface area contributed by atoms with Gasteiger partial charge in [0.25, 0.3) is 0 Å². The third-order valence-corrected chi connectivity index (χ3v) is 5.20. The molecule has 2 aromatic carbocycles. The molecule has 2 aromatic rings. The second-order valence-corrected chi connectivity index (χ2v) is 7.43. The minimum absolute atomic E-state index is 0.112. The number of amides is 2. The van der Waals surface area contributed by atoms with E-state index in [0.717, 1.165) is 16.7 Å². The van der Waals surface area contributed by atoms with Crippen molar-refractivity contribution in [3.63, 3.8) is 0 Å². The number of carbonyl (C=O) groups is 2. The average Bonchev–Trinajstić information content (AvgIpc) is 2.68. The number of fused-ring (bicyclic) bond motifs is 1. The van der Waals surface area contributed by atoms with E-state index < -0.39 is 0 Å². The van der Waals surface area contributed by atoms with Crippen molar-refractivity contribution in [3.8, 4) is 0 Å². The highest BCUT2D eigenvalue weighted by Crippen LogP contribution is 2.32. The van der Waals surface area contributed by atoms with Crippen molar-refractivity contribution in [1.29, 1.82) is 0 Å². The zero-order valence-corrected chi connectivity index (χ0v) is 16.9. The van der Waals surface area contributed by atoms with Gasteiger partial charge in [0.1, 0.15) is 5.82 Å². The van der Waals surface area contributed by atoms with Crippen LogP contribution in [0.15, 0.2) is 54.7 Å². The Morgan fingerprint density at radius 1 is 1.17 bits per heavy atom.